The van der Waals surface area contributed by atoms with E-state index in [4.69, 9.17) is 0 Å². The molecule has 2 rings (SSSR count). The Hall–Kier alpha value is -0.340. The third-order valence-electron chi connectivity index (χ3n) is 4.00. The fraction of sp³-hybridized carbons (Fsp3) is 0.857. The monoisotopic (exact) mass is 222 g/mol. The maximum atomic E-state index is 3.54. The maximum Gasteiger partial charge on any atom is 0.0193 e. The van der Waals surface area contributed by atoms with Crippen LogP contribution in [0.2, 0.25) is 0 Å². The van der Waals surface area contributed by atoms with Crippen LogP contribution in [0.15, 0.2) is 11.6 Å². The first-order valence-corrected chi connectivity index (χ1v) is 6.91. The smallest absolute Gasteiger partial charge is 0.0193 e. The molecular formula is C14H26N2. The molecule has 2 heteroatoms. The molecular weight excluding hydrogens is 196 g/mol. The minimum Gasteiger partial charge on any atom is -0.311 e. The first kappa shape index (κ1) is 12.1. The Morgan fingerprint density at radius 3 is 3.00 bits per heavy atom. The van der Waals surface area contributed by atoms with Crippen molar-refractivity contribution in [2.45, 2.75) is 58.0 Å². The average Bonchev–Trinajstić information content (AvgIpc) is 2.32. The SMILES string of the molecule is CC1CN(CCC2=CCCCC2)C(C)CN1. The summed E-state index contributed by atoms with van der Waals surface area (Å²) in [6.45, 7) is 8.26. The number of hydrogen-bond acceptors (Lipinski definition) is 2. The number of nitrogens with zero attached hydrogens (tertiary/aromatic N) is 1. The molecule has 1 aliphatic heterocycles. The van der Waals surface area contributed by atoms with E-state index in [-0.39, 0.29) is 0 Å². The molecule has 0 spiro atoms. The Bertz CT molecular complexity index is 247. The highest BCUT2D eigenvalue weighted by molar-refractivity contribution is 5.05. The van der Waals surface area contributed by atoms with Crippen LogP contribution >= 0.6 is 0 Å². The molecule has 0 aromatic rings. The van der Waals surface area contributed by atoms with Crippen LogP contribution in [-0.4, -0.2) is 36.6 Å². The van der Waals surface area contributed by atoms with Gasteiger partial charge in [-0.1, -0.05) is 11.6 Å². The van der Waals surface area contributed by atoms with Crippen molar-refractivity contribution in [3.05, 3.63) is 11.6 Å². The average molecular weight is 222 g/mol. The standard InChI is InChI=1S/C14H26N2/c1-12-11-16(13(2)10-15-12)9-8-14-6-4-3-5-7-14/h6,12-13,15H,3-5,7-11H2,1-2H3. The highest BCUT2D eigenvalue weighted by Gasteiger charge is 2.21. The van der Waals surface area contributed by atoms with Crippen molar-refractivity contribution < 1.29 is 0 Å². The molecule has 0 amide bonds. The van der Waals surface area contributed by atoms with Crippen molar-refractivity contribution >= 4 is 0 Å². The summed E-state index contributed by atoms with van der Waals surface area (Å²) in [7, 11) is 0. The van der Waals surface area contributed by atoms with Crippen molar-refractivity contribution in [2.24, 2.45) is 0 Å². The van der Waals surface area contributed by atoms with Gasteiger partial charge in [-0.3, -0.25) is 4.90 Å². The lowest BCUT2D eigenvalue weighted by Gasteiger charge is -2.37. The van der Waals surface area contributed by atoms with Crippen LogP contribution in [0.4, 0.5) is 0 Å². The van der Waals surface area contributed by atoms with Gasteiger partial charge in [0.1, 0.15) is 0 Å². The van der Waals surface area contributed by atoms with Crippen LogP contribution in [-0.2, 0) is 0 Å². The highest BCUT2D eigenvalue weighted by atomic mass is 15.2. The third-order valence-corrected chi connectivity index (χ3v) is 4.00. The summed E-state index contributed by atoms with van der Waals surface area (Å²) in [6, 6.07) is 1.37. The van der Waals surface area contributed by atoms with Gasteiger partial charge in [0, 0.05) is 31.7 Å². The zero-order valence-corrected chi connectivity index (χ0v) is 10.8. The Morgan fingerprint density at radius 2 is 2.25 bits per heavy atom. The number of hydrogen-bond donors (Lipinski definition) is 1. The van der Waals surface area contributed by atoms with Gasteiger partial charge in [-0.15, -0.1) is 0 Å². The predicted molar refractivity (Wildman–Crippen MR) is 69.7 cm³/mol. The van der Waals surface area contributed by atoms with Crippen LogP contribution in [0.1, 0.15) is 46.0 Å². The van der Waals surface area contributed by atoms with E-state index in [1.54, 1.807) is 5.57 Å². The molecule has 0 bridgehead atoms. The molecule has 1 saturated heterocycles. The zero-order chi connectivity index (χ0) is 11.4. The summed E-state index contributed by atoms with van der Waals surface area (Å²) in [5.74, 6) is 0. The zero-order valence-electron chi connectivity index (χ0n) is 10.8. The summed E-state index contributed by atoms with van der Waals surface area (Å²) in [5, 5.41) is 3.54. The van der Waals surface area contributed by atoms with E-state index in [1.807, 2.05) is 0 Å². The second-order valence-electron chi connectivity index (χ2n) is 5.51. The van der Waals surface area contributed by atoms with Crippen LogP contribution in [0, 0.1) is 0 Å². The van der Waals surface area contributed by atoms with Gasteiger partial charge in [0.05, 0.1) is 0 Å². The topological polar surface area (TPSA) is 15.3 Å². The molecule has 1 heterocycles. The quantitative estimate of drug-likeness (QED) is 0.738. The molecule has 0 aromatic heterocycles. The Kier molecular flexibility index (Phi) is 4.42. The van der Waals surface area contributed by atoms with E-state index in [9.17, 15) is 0 Å². The summed E-state index contributed by atoms with van der Waals surface area (Å²) in [5.41, 5.74) is 1.71. The van der Waals surface area contributed by atoms with Crippen molar-refractivity contribution in [3.8, 4) is 0 Å². The van der Waals surface area contributed by atoms with Gasteiger partial charge in [0.25, 0.3) is 0 Å². The van der Waals surface area contributed by atoms with Crippen LogP contribution in [0.25, 0.3) is 0 Å². The van der Waals surface area contributed by atoms with Crippen LogP contribution < -0.4 is 5.32 Å². The van der Waals surface area contributed by atoms with E-state index >= 15 is 0 Å². The van der Waals surface area contributed by atoms with E-state index in [0.717, 1.165) is 6.54 Å². The van der Waals surface area contributed by atoms with Crippen LogP contribution in [0.5, 0.6) is 0 Å². The molecule has 16 heavy (non-hydrogen) atoms. The van der Waals surface area contributed by atoms with E-state index in [0.29, 0.717) is 12.1 Å². The summed E-state index contributed by atoms with van der Waals surface area (Å²) >= 11 is 0. The maximum absolute atomic E-state index is 3.54. The first-order chi connectivity index (χ1) is 7.75. The molecule has 2 unspecified atom stereocenters. The van der Waals surface area contributed by atoms with Crippen molar-refractivity contribution in [3.63, 3.8) is 0 Å². The third kappa shape index (κ3) is 3.33. The fourth-order valence-electron chi connectivity index (χ4n) is 2.83. The predicted octanol–water partition coefficient (Wildman–Crippen LogP) is 2.56. The lowest BCUT2D eigenvalue weighted by molar-refractivity contribution is 0.148. The lowest BCUT2D eigenvalue weighted by atomic mass is 9.96. The minimum absolute atomic E-state index is 0.663. The molecule has 92 valence electrons. The van der Waals surface area contributed by atoms with Crippen molar-refractivity contribution in [1.82, 2.24) is 10.2 Å². The van der Waals surface area contributed by atoms with Gasteiger partial charge in [-0.05, 0) is 46.0 Å². The van der Waals surface area contributed by atoms with Gasteiger partial charge in [-0.25, -0.2) is 0 Å². The lowest BCUT2D eigenvalue weighted by Crippen LogP contribution is -2.54. The van der Waals surface area contributed by atoms with E-state index in [1.165, 1.54) is 45.2 Å². The molecule has 1 N–H and O–H groups in total. The summed E-state index contributed by atoms with van der Waals surface area (Å²) in [4.78, 5) is 2.65. The molecule has 1 aliphatic carbocycles. The van der Waals surface area contributed by atoms with Gasteiger partial charge in [0.15, 0.2) is 0 Å². The normalized spacial score (nSPS) is 32.5. The fourth-order valence-corrected chi connectivity index (χ4v) is 2.83. The van der Waals surface area contributed by atoms with Gasteiger partial charge in [0.2, 0.25) is 0 Å². The van der Waals surface area contributed by atoms with Gasteiger partial charge in [-0.2, -0.15) is 0 Å². The van der Waals surface area contributed by atoms with Crippen molar-refractivity contribution in [2.75, 3.05) is 19.6 Å². The second kappa shape index (κ2) is 5.83. The number of rotatable bonds is 3. The Balaban J connectivity index is 1.77. The van der Waals surface area contributed by atoms with Crippen LogP contribution in [0.3, 0.4) is 0 Å². The number of piperazine rings is 1. The molecule has 0 radical (unpaired) electrons. The molecule has 1 fully saturated rings. The molecule has 2 atom stereocenters. The van der Waals surface area contributed by atoms with Gasteiger partial charge < -0.3 is 5.32 Å². The molecule has 2 aliphatic rings. The second-order valence-corrected chi connectivity index (χ2v) is 5.51. The van der Waals surface area contributed by atoms with Crippen molar-refractivity contribution in [1.29, 1.82) is 0 Å². The first-order valence-electron chi connectivity index (χ1n) is 6.91. The Morgan fingerprint density at radius 1 is 1.38 bits per heavy atom. The number of nitrogens with one attached hydrogen (secondary N) is 1. The van der Waals surface area contributed by atoms with Gasteiger partial charge >= 0.3 is 0 Å². The highest BCUT2D eigenvalue weighted by Crippen LogP contribution is 2.21. The number of allylic oxidation sites excluding steroid dienone is 1. The summed E-state index contributed by atoms with van der Waals surface area (Å²) in [6.07, 6.45) is 9.29. The molecule has 0 saturated carbocycles. The molecule has 0 aromatic carbocycles. The van der Waals surface area contributed by atoms with E-state index < -0.39 is 0 Å². The van der Waals surface area contributed by atoms with E-state index in [2.05, 4.69) is 30.1 Å². The summed E-state index contributed by atoms with van der Waals surface area (Å²) < 4.78 is 0. The minimum atomic E-state index is 0.663. The molecule has 2 nitrogen and oxygen atoms in total. The Labute approximate surface area is 100 Å². The largest absolute Gasteiger partial charge is 0.311 e.